The molecular weight excluding hydrogens is 273 g/mol. The molecule has 0 aromatic carbocycles. The van der Waals surface area contributed by atoms with Crippen LogP contribution in [0.25, 0.3) is 0 Å². The van der Waals surface area contributed by atoms with Crippen LogP contribution in [0.1, 0.15) is 19.3 Å². The van der Waals surface area contributed by atoms with Crippen molar-refractivity contribution < 1.29 is 17.6 Å². The summed E-state index contributed by atoms with van der Waals surface area (Å²) < 4.78 is 38.9. The molecule has 0 amide bonds. The number of sulfonamides is 1. The molecule has 1 aromatic rings. The van der Waals surface area contributed by atoms with E-state index >= 15 is 0 Å². The monoisotopic (exact) mass is 285 g/mol. The molecule has 102 valence electrons. The molecule has 1 aliphatic rings. The van der Waals surface area contributed by atoms with Gasteiger partial charge < -0.3 is 0 Å². The maximum Gasteiger partial charge on any atom is 0.246 e. The smallest absolute Gasteiger partial charge is 0.246 e. The predicted octanol–water partition coefficient (Wildman–Crippen LogP) is 1.06. The average molecular weight is 285 g/mol. The maximum atomic E-state index is 13.1. The van der Waals surface area contributed by atoms with Gasteiger partial charge in [-0.3, -0.25) is 4.98 Å². The topological polar surface area (TPSA) is 79.7 Å². The predicted molar refractivity (Wildman–Crippen MR) is 63.8 cm³/mol. The number of hydrogen-bond acceptors (Lipinski definition) is 5. The largest absolute Gasteiger partial charge is 0.260 e. The van der Waals surface area contributed by atoms with Gasteiger partial charge in [-0.1, -0.05) is 0 Å². The highest BCUT2D eigenvalue weighted by Gasteiger charge is 2.33. The fraction of sp³-hybridized carbons (Fsp3) is 0.455. The first-order chi connectivity index (χ1) is 9.05. The number of hydrogen-bond donors (Lipinski definition) is 0. The number of rotatable bonds is 3. The Kier molecular flexibility index (Phi) is 4.04. The summed E-state index contributed by atoms with van der Waals surface area (Å²) in [6, 6.07) is 0.901. The van der Waals surface area contributed by atoms with E-state index in [1.165, 1.54) is 6.08 Å². The summed E-state index contributed by atoms with van der Waals surface area (Å²) in [5.41, 5.74) is 0. The lowest BCUT2D eigenvalue weighted by atomic mass is 10.1. The minimum absolute atomic E-state index is 0.236. The lowest BCUT2D eigenvalue weighted by molar-refractivity contribution is 0.259. The molecule has 0 N–H and O–H groups in total. The van der Waals surface area contributed by atoms with Gasteiger partial charge in [0.15, 0.2) is 0 Å². The zero-order valence-electron chi connectivity index (χ0n) is 9.99. The van der Waals surface area contributed by atoms with E-state index in [0.29, 0.717) is 12.8 Å². The highest BCUT2D eigenvalue weighted by Crippen LogP contribution is 2.25. The molecule has 1 fully saturated rings. The molecule has 1 atom stereocenters. The highest BCUT2D eigenvalue weighted by molar-refractivity contribution is 7.89. The lowest BCUT2D eigenvalue weighted by Gasteiger charge is -2.30. The van der Waals surface area contributed by atoms with Crippen molar-refractivity contribution in [2.75, 3.05) is 6.54 Å². The molecule has 8 heteroatoms. The number of nitrogens with zero attached hydrogens (tertiary/aromatic N) is 3. The third-order valence-electron chi connectivity index (χ3n) is 2.91. The first-order valence-corrected chi connectivity index (χ1v) is 7.19. The first kappa shape index (κ1) is 13.8. The second-order valence-electron chi connectivity index (χ2n) is 4.15. The molecule has 19 heavy (non-hydrogen) atoms. The summed E-state index contributed by atoms with van der Waals surface area (Å²) in [6.45, 7) is 0.245. The minimum atomic E-state index is -3.90. The van der Waals surface area contributed by atoms with Gasteiger partial charge in [0.05, 0.1) is 6.20 Å². The molecule has 1 aliphatic heterocycles. The molecule has 2 heterocycles. The van der Waals surface area contributed by atoms with Gasteiger partial charge in [0, 0.05) is 12.7 Å². The maximum absolute atomic E-state index is 13.1. The number of halogens is 1. The van der Waals surface area contributed by atoms with Gasteiger partial charge in [-0.15, -0.1) is 0 Å². The van der Waals surface area contributed by atoms with Crippen LogP contribution in [0, 0.1) is 5.82 Å². The van der Waals surface area contributed by atoms with Crippen molar-refractivity contribution in [3.05, 3.63) is 24.3 Å². The van der Waals surface area contributed by atoms with E-state index in [-0.39, 0.29) is 11.4 Å². The Morgan fingerprint density at radius 2 is 2.21 bits per heavy atom. The Hall–Kier alpha value is -1.63. The first-order valence-electron chi connectivity index (χ1n) is 5.75. The Balaban J connectivity index is 2.39. The lowest BCUT2D eigenvalue weighted by Crippen LogP contribution is -2.42. The Morgan fingerprint density at radius 1 is 1.42 bits per heavy atom. The number of piperidine rings is 1. The van der Waals surface area contributed by atoms with Crippen molar-refractivity contribution in [1.82, 2.24) is 9.29 Å². The quantitative estimate of drug-likeness (QED) is 0.614. The van der Waals surface area contributed by atoms with Gasteiger partial charge in [0.25, 0.3) is 0 Å². The molecule has 1 aromatic heterocycles. The van der Waals surface area contributed by atoms with E-state index < -0.39 is 22.0 Å². The Bertz CT molecular complexity index is 613. The van der Waals surface area contributed by atoms with E-state index in [4.69, 9.17) is 0 Å². The van der Waals surface area contributed by atoms with Crippen molar-refractivity contribution in [1.29, 1.82) is 0 Å². The molecule has 1 unspecified atom stereocenters. The van der Waals surface area contributed by atoms with Crippen LogP contribution in [0.15, 0.2) is 28.3 Å². The summed E-state index contributed by atoms with van der Waals surface area (Å²) in [7, 11) is -3.90. The minimum Gasteiger partial charge on any atom is -0.260 e. The van der Waals surface area contributed by atoms with E-state index in [2.05, 4.69) is 9.98 Å². The van der Waals surface area contributed by atoms with Crippen molar-refractivity contribution in [3.8, 4) is 0 Å². The van der Waals surface area contributed by atoms with Crippen molar-refractivity contribution in [2.24, 2.45) is 4.99 Å². The summed E-state index contributed by atoms with van der Waals surface area (Å²) >= 11 is 0. The van der Waals surface area contributed by atoms with Crippen LogP contribution in [0.3, 0.4) is 0 Å². The van der Waals surface area contributed by atoms with E-state index in [9.17, 15) is 17.6 Å². The molecule has 2 rings (SSSR count). The van der Waals surface area contributed by atoms with Gasteiger partial charge in [-0.05, 0) is 25.3 Å². The number of pyridine rings is 1. The molecule has 0 radical (unpaired) electrons. The van der Waals surface area contributed by atoms with E-state index in [1.807, 2.05) is 0 Å². The average Bonchev–Trinajstić information content (AvgIpc) is 2.39. The zero-order chi connectivity index (χ0) is 13.9. The Labute approximate surface area is 110 Å². The van der Waals surface area contributed by atoms with Gasteiger partial charge >= 0.3 is 0 Å². The van der Waals surface area contributed by atoms with Gasteiger partial charge in [-0.2, -0.15) is 9.30 Å². The van der Waals surface area contributed by atoms with Gasteiger partial charge in [-0.25, -0.2) is 17.6 Å². The van der Waals surface area contributed by atoms with Crippen molar-refractivity contribution in [3.63, 3.8) is 0 Å². The molecular formula is C11H12FN3O3S. The summed E-state index contributed by atoms with van der Waals surface area (Å²) in [4.78, 5) is 17.1. The zero-order valence-corrected chi connectivity index (χ0v) is 10.8. The van der Waals surface area contributed by atoms with Crippen LogP contribution in [-0.4, -0.2) is 36.5 Å². The Morgan fingerprint density at radius 3 is 2.89 bits per heavy atom. The summed E-state index contributed by atoms with van der Waals surface area (Å²) in [5.74, 6) is -0.728. The number of isocyanates is 1. The fourth-order valence-corrected chi connectivity index (χ4v) is 3.60. The number of aliphatic imine (C=N–C) groups is 1. The molecule has 1 saturated heterocycles. The van der Waals surface area contributed by atoms with Crippen LogP contribution >= 0.6 is 0 Å². The fourth-order valence-electron chi connectivity index (χ4n) is 2.03. The normalized spacial score (nSPS) is 20.8. The van der Waals surface area contributed by atoms with Gasteiger partial charge in [0.2, 0.25) is 16.1 Å². The highest BCUT2D eigenvalue weighted by atomic mass is 32.2. The van der Waals surface area contributed by atoms with Crippen LogP contribution in [-0.2, 0) is 14.8 Å². The van der Waals surface area contributed by atoms with Crippen molar-refractivity contribution in [2.45, 2.75) is 30.3 Å². The number of aromatic nitrogens is 1. The van der Waals surface area contributed by atoms with Crippen LogP contribution < -0.4 is 0 Å². The molecule has 0 aliphatic carbocycles. The second-order valence-corrected chi connectivity index (χ2v) is 6.04. The number of carbonyl (C=O) groups excluding carboxylic acids is 1. The van der Waals surface area contributed by atoms with Crippen LogP contribution in [0.5, 0.6) is 0 Å². The van der Waals surface area contributed by atoms with E-state index in [0.717, 1.165) is 29.2 Å². The molecule has 6 nitrogen and oxygen atoms in total. The molecule has 0 spiro atoms. The standard InChI is InChI=1S/C11H12FN3O3S/c12-9-5-10(7-13-6-9)19(17,18)15-4-2-1-3-11(15)14-8-16/h5-7,11H,1-4H2. The second kappa shape index (κ2) is 5.56. The van der Waals surface area contributed by atoms with Crippen LogP contribution in [0.2, 0.25) is 0 Å². The van der Waals surface area contributed by atoms with Crippen LogP contribution in [0.4, 0.5) is 4.39 Å². The van der Waals surface area contributed by atoms with Crippen molar-refractivity contribution >= 4 is 16.1 Å². The molecule has 0 bridgehead atoms. The van der Waals surface area contributed by atoms with E-state index in [1.54, 1.807) is 0 Å². The third kappa shape index (κ3) is 2.86. The van der Waals surface area contributed by atoms with Gasteiger partial charge in [0.1, 0.15) is 16.9 Å². The SMILES string of the molecule is O=C=NC1CCCCN1S(=O)(=O)c1cncc(F)c1. The summed E-state index contributed by atoms with van der Waals surface area (Å²) in [5, 5.41) is 0. The summed E-state index contributed by atoms with van der Waals surface area (Å²) in [6.07, 6.45) is 4.53. The third-order valence-corrected chi connectivity index (χ3v) is 4.77. The molecule has 0 saturated carbocycles.